The van der Waals surface area contributed by atoms with Gasteiger partial charge in [-0.3, -0.25) is 4.99 Å². The summed E-state index contributed by atoms with van der Waals surface area (Å²) in [7, 11) is 1.42. The summed E-state index contributed by atoms with van der Waals surface area (Å²) in [4.78, 5) is 7.25. The molecule has 2 rings (SSSR count). The summed E-state index contributed by atoms with van der Waals surface area (Å²) < 4.78 is 64.1. The van der Waals surface area contributed by atoms with Crippen LogP contribution in [0.1, 0.15) is 0 Å². The number of hydrogen-bond acceptors (Lipinski definition) is 3. The molecule has 25 heavy (non-hydrogen) atoms. The van der Waals surface area contributed by atoms with Crippen molar-refractivity contribution in [2.24, 2.45) is 4.99 Å². The third-order valence-corrected chi connectivity index (χ3v) is 3.87. The van der Waals surface area contributed by atoms with Crippen molar-refractivity contribution < 1.29 is 27.1 Å². The molecule has 1 aromatic carbocycles. The van der Waals surface area contributed by atoms with Crippen LogP contribution in [-0.4, -0.2) is 68.0 Å². The van der Waals surface area contributed by atoms with Crippen LogP contribution in [0, 0.1) is 11.6 Å². The Kier molecular flexibility index (Phi) is 6.04. The minimum Gasteiger partial charge on any atom is -0.382 e. The number of aliphatic imine (C=N–C) groups is 1. The third kappa shape index (κ3) is 4.94. The van der Waals surface area contributed by atoms with Crippen molar-refractivity contribution in [3.05, 3.63) is 29.8 Å². The van der Waals surface area contributed by atoms with Gasteiger partial charge in [-0.1, -0.05) is 0 Å². The molecule has 1 heterocycles. The maximum absolute atomic E-state index is 13.8. The number of benzene rings is 1. The van der Waals surface area contributed by atoms with Gasteiger partial charge in [0, 0.05) is 39.3 Å². The molecule has 0 bridgehead atoms. The normalized spacial score (nSPS) is 17.6. The molecule has 1 aliphatic rings. The summed E-state index contributed by atoms with van der Waals surface area (Å²) >= 11 is 0. The summed E-state index contributed by atoms with van der Waals surface area (Å²) in [6.07, 6.45) is -7.20. The number of hydrogen-bond donors (Lipinski definition) is 2. The molecule has 0 aromatic heterocycles. The predicted molar refractivity (Wildman–Crippen MR) is 83.6 cm³/mol. The number of rotatable bonds is 3. The van der Waals surface area contributed by atoms with Crippen molar-refractivity contribution >= 4 is 11.6 Å². The van der Waals surface area contributed by atoms with Gasteiger partial charge in [-0.2, -0.15) is 13.2 Å². The molecular formula is C15H19F5N4O. The van der Waals surface area contributed by atoms with Crippen molar-refractivity contribution in [1.29, 1.82) is 0 Å². The van der Waals surface area contributed by atoms with Crippen LogP contribution in [0.4, 0.5) is 27.6 Å². The summed E-state index contributed by atoms with van der Waals surface area (Å²) in [6, 6.07) is 3.20. The van der Waals surface area contributed by atoms with Crippen LogP contribution in [-0.2, 0) is 0 Å². The van der Waals surface area contributed by atoms with Crippen LogP contribution in [0.25, 0.3) is 0 Å². The standard InChI is InChI=1S/C15H19F5N4O/c1-21-14(22-9-13(25)15(18,19)20)24-6-4-23(5-7-24)12-8-10(16)2-3-11(12)17/h2-3,8,13,25H,4-7,9H2,1H3,(H,21,22). The van der Waals surface area contributed by atoms with Gasteiger partial charge in [0.15, 0.2) is 12.1 Å². The first kappa shape index (κ1) is 19.2. The Morgan fingerprint density at radius 2 is 1.88 bits per heavy atom. The number of anilines is 1. The fourth-order valence-corrected chi connectivity index (χ4v) is 2.52. The zero-order valence-electron chi connectivity index (χ0n) is 13.5. The molecule has 0 saturated carbocycles. The lowest BCUT2D eigenvalue weighted by atomic mass is 10.2. The molecule has 5 nitrogen and oxygen atoms in total. The Hall–Kier alpha value is -2.10. The molecule has 10 heteroatoms. The van der Waals surface area contributed by atoms with E-state index in [0.29, 0.717) is 26.2 Å². The lowest BCUT2D eigenvalue weighted by Crippen LogP contribution is -2.54. The molecule has 1 unspecified atom stereocenters. The Bertz CT molecular complexity index is 614. The van der Waals surface area contributed by atoms with E-state index in [1.165, 1.54) is 7.05 Å². The Balaban J connectivity index is 1.93. The molecule has 1 fully saturated rings. The van der Waals surface area contributed by atoms with Crippen LogP contribution in [0.15, 0.2) is 23.2 Å². The number of guanidine groups is 1. The van der Waals surface area contributed by atoms with Crippen molar-refractivity contribution in [2.45, 2.75) is 12.3 Å². The minimum atomic E-state index is -4.71. The maximum atomic E-state index is 13.8. The predicted octanol–water partition coefficient (Wildman–Crippen LogP) is 1.59. The molecule has 1 aliphatic heterocycles. The van der Waals surface area contributed by atoms with Crippen molar-refractivity contribution in [1.82, 2.24) is 10.2 Å². The van der Waals surface area contributed by atoms with Crippen LogP contribution < -0.4 is 10.2 Å². The van der Waals surface area contributed by atoms with E-state index in [-0.39, 0.29) is 11.6 Å². The van der Waals surface area contributed by atoms with Gasteiger partial charge in [0.05, 0.1) is 12.2 Å². The number of aliphatic hydroxyl groups excluding tert-OH is 1. The second-order valence-corrected chi connectivity index (χ2v) is 5.56. The van der Waals surface area contributed by atoms with Gasteiger partial charge in [-0.15, -0.1) is 0 Å². The SMILES string of the molecule is CN=C(NCC(O)C(F)(F)F)N1CCN(c2cc(F)ccc2F)CC1. The average Bonchev–Trinajstić information content (AvgIpc) is 2.57. The average molecular weight is 366 g/mol. The lowest BCUT2D eigenvalue weighted by molar-refractivity contribution is -0.201. The van der Waals surface area contributed by atoms with Crippen LogP contribution in [0.2, 0.25) is 0 Å². The molecule has 0 radical (unpaired) electrons. The van der Waals surface area contributed by atoms with Gasteiger partial charge in [-0.05, 0) is 12.1 Å². The molecule has 0 aliphatic carbocycles. The van der Waals surface area contributed by atoms with E-state index >= 15 is 0 Å². The highest BCUT2D eigenvalue weighted by molar-refractivity contribution is 5.80. The van der Waals surface area contributed by atoms with Crippen molar-refractivity contribution in [3.63, 3.8) is 0 Å². The van der Waals surface area contributed by atoms with E-state index < -0.39 is 30.5 Å². The Labute approximate surface area is 141 Å². The molecule has 2 N–H and O–H groups in total. The maximum Gasteiger partial charge on any atom is 0.416 e. The van der Waals surface area contributed by atoms with Gasteiger partial charge in [0.1, 0.15) is 11.6 Å². The second-order valence-electron chi connectivity index (χ2n) is 5.56. The van der Waals surface area contributed by atoms with Gasteiger partial charge in [-0.25, -0.2) is 8.78 Å². The van der Waals surface area contributed by atoms with E-state index in [9.17, 15) is 22.0 Å². The van der Waals surface area contributed by atoms with Gasteiger partial charge >= 0.3 is 6.18 Å². The molecule has 0 amide bonds. The van der Waals surface area contributed by atoms with E-state index in [1.54, 1.807) is 9.80 Å². The van der Waals surface area contributed by atoms with Crippen molar-refractivity contribution in [2.75, 3.05) is 44.7 Å². The molecule has 140 valence electrons. The Morgan fingerprint density at radius 1 is 1.24 bits per heavy atom. The number of piperazine rings is 1. The largest absolute Gasteiger partial charge is 0.416 e. The number of nitrogens with one attached hydrogen (secondary N) is 1. The summed E-state index contributed by atoms with van der Waals surface area (Å²) in [5, 5.41) is 11.5. The van der Waals surface area contributed by atoms with Crippen LogP contribution in [0.3, 0.4) is 0 Å². The fraction of sp³-hybridized carbons (Fsp3) is 0.533. The first-order chi connectivity index (χ1) is 11.7. The number of aliphatic hydroxyl groups is 1. The zero-order chi connectivity index (χ0) is 18.6. The first-order valence-corrected chi connectivity index (χ1v) is 7.62. The molecule has 1 atom stereocenters. The molecular weight excluding hydrogens is 347 g/mol. The molecule has 1 aromatic rings. The van der Waals surface area contributed by atoms with Gasteiger partial charge < -0.3 is 20.2 Å². The highest BCUT2D eigenvalue weighted by atomic mass is 19.4. The smallest absolute Gasteiger partial charge is 0.382 e. The summed E-state index contributed by atoms with van der Waals surface area (Å²) in [5.41, 5.74) is 0.148. The zero-order valence-corrected chi connectivity index (χ0v) is 13.5. The monoisotopic (exact) mass is 366 g/mol. The lowest BCUT2D eigenvalue weighted by Gasteiger charge is -2.38. The van der Waals surface area contributed by atoms with Gasteiger partial charge in [0.25, 0.3) is 0 Å². The van der Waals surface area contributed by atoms with E-state index in [0.717, 1.165) is 18.2 Å². The van der Waals surface area contributed by atoms with Gasteiger partial charge in [0.2, 0.25) is 0 Å². The van der Waals surface area contributed by atoms with E-state index in [2.05, 4.69) is 10.3 Å². The van der Waals surface area contributed by atoms with Crippen molar-refractivity contribution in [3.8, 4) is 0 Å². The van der Waals surface area contributed by atoms with Crippen LogP contribution in [0.5, 0.6) is 0 Å². The fourth-order valence-electron chi connectivity index (χ4n) is 2.52. The summed E-state index contributed by atoms with van der Waals surface area (Å²) in [5.74, 6) is -0.870. The molecule has 0 spiro atoms. The highest BCUT2D eigenvalue weighted by Crippen LogP contribution is 2.22. The second kappa shape index (κ2) is 7.85. The Morgan fingerprint density at radius 3 is 2.44 bits per heavy atom. The van der Waals surface area contributed by atoms with E-state index in [4.69, 9.17) is 5.11 Å². The van der Waals surface area contributed by atoms with Crippen LogP contribution >= 0.6 is 0 Å². The topological polar surface area (TPSA) is 51.1 Å². The highest BCUT2D eigenvalue weighted by Gasteiger charge is 2.38. The number of alkyl halides is 3. The molecule has 1 saturated heterocycles. The number of nitrogens with zero attached hydrogens (tertiary/aromatic N) is 3. The minimum absolute atomic E-state index is 0.148. The third-order valence-electron chi connectivity index (χ3n) is 3.87. The summed E-state index contributed by atoms with van der Waals surface area (Å²) in [6.45, 7) is 0.705. The van der Waals surface area contributed by atoms with E-state index in [1.807, 2.05) is 0 Å². The first-order valence-electron chi connectivity index (χ1n) is 7.62. The number of halogens is 5. The quantitative estimate of drug-likeness (QED) is 0.485.